The Morgan fingerprint density at radius 1 is 1.00 bits per heavy atom. The van der Waals surface area contributed by atoms with Gasteiger partial charge in [0.15, 0.2) is 0 Å². The first-order chi connectivity index (χ1) is 8.63. The summed E-state index contributed by atoms with van der Waals surface area (Å²) in [5.41, 5.74) is 3.91. The number of rotatable bonds is 4. The van der Waals surface area contributed by atoms with E-state index in [0.717, 1.165) is 13.1 Å². The van der Waals surface area contributed by atoms with Gasteiger partial charge in [0.1, 0.15) is 0 Å². The number of nitrogens with zero attached hydrogens (tertiary/aromatic N) is 2. The van der Waals surface area contributed by atoms with Crippen molar-refractivity contribution in [2.24, 2.45) is 0 Å². The lowest BCUT2D eigenvalue weighted by molar-refractivity contribution is 0.158. The lowest BCUT2D eigenvalue weighted by Crippen LogP contribution is -2.45. The molecule has 0 bridgehead atoms. The number of anilines is 1. The first-order valence-electron chi connectivity index (χ1n) is 6.86. The fourth-order valence-electron chi connectivity index (χ4n) is 2.51. The molecule has 1 aromatic carbocycles. The number of hydrogen-bond acceptors (Lipinski definition) is 3. The third kappa shape index (κ3) is 4.00. The molecule has 1 aromatic rings. The minimum atomic E-state index is 1.03. The quantitative estimate of drug-likeness (QED) is 0.877. The minimum Gasteiger partial charge on any atom is -0.384 e. The summed E-state index contributed by atoms with van der Waals surface area (Å²) >= 11 is 0. The molecule has 0 aliphatic carbocycles. The van der Waals surface area contributed by atoms with Crippen molar-refractivity contribution in [3.63, 3.8) is 0 Å². The van der Waals surface area contributed by atoms with E-state index in [1.54, 1.807) is 0 Å². The molecule has 0 radical (unpaired) electrons. The van der Waals surface area contributed by atoms with E-state index < -0.39 is 0 Å². The minimum absolute atomic E-state index is 1.03. The maximum absolute atomic E-state index is 3.53. The van der Waals surface area contributed by atoms with Crippen LogP contribution in [0.25, 0.3) is 0 Å². The average molecular weight is 247 g/mol. The van der Waals surface area contributed by atoms with Crippen LogP contribution in [0.5, 0.6) is 0 Å². The Morgan fingerprint density at radius 2 is 1.61 bits per heavy atom. The van der Waals surface area contributed by atoms with Crippen molar-refractivity contribution >= 4 is 5.69 Å². The van der Waals surface area contributed by atoms with Crippen molar-refractivity contribution in [1.29, 1.82) is 0 Å². The first-order valence-corrected chi connectivity index (χ1v) is 6.86. The Labute approximate surface area is 111 Å². The molecule has 3 nitrogen and oxygen atoms in total. The Morgan fingerprint density at radius 3 is 2.22 bits per heavy atom. The van der Waals surface area contributed by atoms with Crippen LogP contribution in [0.1, 0.15) is 11.1 Å². The van der Waals surface area contributed by atoms with Gasteiger partial charge in [0.2, 0.25) is 0 Å². The molecule has 1 N–H and O–H groups in total. The number of aryl methyl sites for hydroxylation is 2. The second-order valence-electron chi connectivity index (χ2n) is 5.45. The lowest BCUT2D eigenvalue weighted by atomic mass is 10.1. The van der Waals surface area contributed by atoms with E-state index in [9.17, 15) is 0 Å². The van der Waals surface area contributed by atoms with E-state index in [0.29, 0.717) is 0 Å². The molecular weight excluding hydrogens is 222 g/mol. The smallest absolute Gasteiger partial charge is 0.0345 e. The number of nitrogens with one attached hydrogen (secondary N) is 1. The van der Waals surface area contributed by atoms with Crippen LogP contribution in [-0.4, -0.2) is 56.1 Å². The fourth-order valence-corrected chi connectivity index (χ4v) is 2.51. The summed E-state index contributed by atoms with van der Waals surface area (Å²) in [6.45, 7) is 11.3. The van der Waals surface area contributed by atoms with Crippen molar-refractivity contribution in [3.8, 4) is 0 Å². The molecule has 3 heteroatoms. The molecular formula is C15H25N3. The van der Waals surface area contributed by atoms with E-state index in [-0.39, 0.29) is 0 Å². The zero-order chi connectivity index (χ0) is 13.0. The van der Waals surface area contributed by atoms with Crippen molar-refractivity contribution in [2.75, 3.05) is 51.6 Å². The molecule has 0 unspecified atom stereocenters. The molecule has 18 heavy (non-hydrogen) atoms. The normalized spacial score (nSPS) is 17.9. The molecule has 0 atom stereocenters. The summed E-state index contributed by atoms with van der Waals surface area (Å²) in [7, 11) is 2.20. The molecule has 2 rings (SSSR count). The maximum atomic E-state index is 3.53. The Bertz CT molecular complexity index is 361. The number of likely N-dealkylation sites (N-methyl/N-ethyl adjacent to an activating group) is 1. The summed E-state index contributed by atoms with van der Waals surface area (Å²) in [6.07, 6.45) is 0. The predicted octanol–water partition coefficient (Wildman–Crippen LogP) is 1.96. The van der Waals surface area contributed by atoms with Gasteiger partial charge in [0.05, 0.1) is 0 Å². The summed E-state index contributed by atoms with van der Waals surface area (Å²) < 4.78 is 0. The van der Waals surface area contributed by atoms with E-state index in [4.69, 9.17) is 0 Å². The molecule has 1 aliphatic rings. The Hall–Kier alpha value is -1.06. The van der Waals surface area contributed by atoms with Crippen molar-refractivity contribution in [2.45, 2.75) is 13.8 Å². The standard InChI is InChI=1S/C15H25N3/c1-13-10-14(2)12-15(11-13)16-4-5-18-8-6-17(3)7-9-18/h10-12,16H,4-9H2,1-3H3. The van der Waals surface area contributed by atoms with Crippen molar-refractivity contribution in [1.82, 2.24) is 9.80 Å². The monoisotopic (exact) mass is 247 g/mol. The van der Waals surface area contributed by atoms with Crippen LogP contribution in [0.3, 0.4) is 0 Å². The molecule has 0 spiro atoms. The van der Waals surface area contributed by atoms with E-state index >= 15 is 0 Å². The number of hydrogen-bond donors (Lipinski definition) is 1. The van der Waals surface area contributed by atoms with Gasteiger partial charge in [-0.15, -0.1) is 0 Å². The molecule has 0 aromatic heterocycles. The van der Waals surface area contributed by atoms with Gasteiger partial charge in [-0.05, 0) is 44.2 Å². The van der Waals surface area contributed by atoms with Crippen LogP contribution in [-0.2, 0) is 0 Å². The fraction of sp³-hybridized carbons (Fsp3) is 0.600. The largest absolute Gasteiger partial charge is 0.384 e. The molecule has 0 saturated carbocycles. The van der Waals surface area contributed by atoms with Crippen molar-refractivity contribution < 1.29 is 0 Å². The number of benzene rings is 1. The number of piperazine rings is 1. The van der Waals surface area contributed by atoms with Gasteiger partial charge < -0.3 is 10.2 Å². The predicted molar refractivity (Wildman–Crippen MR) is 78.3 cm³/mol. The third-order valence-corrected chi connectivity index (χ3v) is 3.57. The van der Waals surface area contributed by atoms with Crippen LogP contribution < -0.4 is 5.32 Å². The van der Waals surface area contributed by atoms with Crippen LogP contribution >= 0.6 is 0 Å². The average Bonchev–Trinajstić information content (AvgIpc) is 2.30. The zero-order valence-corrected chi connectivity index (χ0v) is 11.9. The Balaban J connectivity index is 1.74. The highest BCUT2D eigenvalue weighted by Gasteiger charge is 2.12. The summed E-state index contributed by atoms with van der Waals surface area (Å²) in [5.74, 6) is 0. The summed E-state index contributed by atoms with van der Waals surface area (Å²) in [4.78, 5) is 4.93. The zero-order valence-electron chi connectivity index (χ0n) is 11.9. The topological polar surface area (TPSA) is 18.5 Å². The first kappa shape index (κ1) is 13.4. The van der Waals surface area contributed by atoms with E-state index in [2.05, 4.69) is 54.2 Å². The molecule has 1 saturated heterocycles. The summed E-state index contributed by atoms with van der Waals surface area (Å²) in [6, 6.07) is 6.65. The van der Waals surface area contributed by atoms with Crippen molar-refractivity contribution in [3.05, 3.63) is 29.3 Å². The molecule has 100 valence electrons. The molecule has 1 aliphatic heterocycles. The van der Waals surface area contributed by atoms with Gasteiger partial charge >= 0.3 is 0 Å². The van der Waals surface area contributed by atoms with Gasteiger partial charge in [-0.25, -0.2) is 0 Å². The second-order valence-corrected chi connectivity index (χ2v) is 5.45. The van der Waals surface area contributed by atoms with Crippen LogP contribution in [0.15, 0.2) is 18.2 Å². The Kier molecular flexibility index (Phi) is 4.61. The second kappa shape index (κ2) is 6.21. The third-order valence-electron chi connectivity index (χ3n) is 3.57. The van der Waals surface area contributed by atoms with Gasteiger partial charge in [-0.2, -0.15) is 0 Å². The highest BCUT2D eigenvalue weighted by molar-refractivity contribution is 5.48. The maximum Gasteiger partial charge on any atom is 0.0345 e. The SMILES string of the molecule is Cc1cc(C)cc(NCCN2CCN(C)CC2)c1. The highest BCUT2D eigenvalue weighted by atomic mass is 15.2. The van der Waals surface area contributed by atoms with Gasteiger partial charge in [0, 0.05) is 45.0 Å². The van der Waals surface area contributed by atoms with E-state index in [1.807, 2.05) is 0 Å². The molecule has 1 heterocycles. The van der Waals surface area contributed by atoms with Crippen LogP contribution in [0.4, 0.5) is 5.69 Å². The molecule has 0 amide bonds. The van der Waals surface area contributed by atoms with Gasteiger partial charge in [0.25, 0.3) is 0 Å². The molecule has 1 fully saturated rings. The van der Waals surface area contributed by atoms with Gasteiger partial charge in [-0.3, -0.25) is 4.90 Å². The summed E-state index contributed by atoms with van der Waals surface area (Å²) in [5, 5.41) is 3.53. The van der Waals surface area contributed by atoms with Crippen LogP contribution in [0, 0.1) is 13.8 Å². The van der Waals surface area contributed by atoms with Gasteiger partial charge in [-0.1, -0.05) is 6.07 Å². The van der Waals surface area contributed by atoms with E-state index in [1.165, 1.54) is 43.0 Å². The lowest BCUT2D eigenvalue weighted by Gasteiger charge is -2.32. The van der Waals surface area contributed by atoms with Crippen LogP contribution in [0.2, 0.25) is 0 Å². The highest BCUT2D eigenvalue weighted by Crippen LogP contribution is 2.13.